The maximum Gasteiger partial charge on any atom is 0.259 e. The van der Waals surface area contributed by atoms with Crippen molar-refractivity contribution in [2.75, 3.05) is 12.4 Å². The molecule has 1 N–H and O–H groups in total. The van der Waals surface area contributed by atoms with Crippen LogP contribution in [0.25, 0.3) is 5.52 Å². The molecule has 7 nitrogen and oxygen atoms in total. The van der Waals surface area contributed by atoms with Gasteiger partial charge in [-0.1, -0.05) is 12.1 Å². The van der Waals surface area contributed by atoms with Gasteiger partial charge in [0.25, 0.3) is 5.91 Å². The van der Waals surface area contributed by atoms with Gasteiger partial charge in [0.1, 0.15) is 17.6 Å². The van der Waals surface area contributed by atoms with Crippen molar-refractivity contribution in [3.63, 3.8) is 0 Å². The van der Waals surface area contributed by atoms with Crippen LogP contribution < -0.4 is 14.8 Å². The number of aryl methyl sites for hydroxylation is 1. The first-order valence-corrected chi connectivity index (χ1v) is 8.77. The number of carbonyl (C=O) groups is 1. The Morgan fingerprint density at radius 1 is 1.14 bits per heavy atom. The van der Waals surface area contributed by atoms with E-state index in [4.69, 9.17) is 9.47 Å². The van der Waals surface area contributed by atoms with E-state index < -0.39 is 11.7 Å². The van der Waals surface area contributed by atoms with Gasteiger partial charge < -0.3 is 14.8 Å². The molecule has 0 aliphatic heterocycles. The lowest BCUT2D eigenvalue weighted by molar-refractivity contribution is 0.102. The molecule has 0 aliphatic rings. The van der Waals surface area contributed by atoms with Gasteiger partial charge in [-0.3, -0.25) is 4.79 Å². The van der Waals surface area contributed by atoms with Crippen LogP contribution in [0, 0.1) is 12.7 Å². The molecule has 0 unspecified atom stereocenters. The summed E-state index contributed by atoms with van der Waals surface area (Å²) in [4.78, 5) is 16.6. The largest absolute Gasteiger partial charge is 0.496 e. The Balaban J connectivity index is 1.57. The van der Waals surface area contributed by atoms with E-state index in [1.165, 1.54) is 25.6 Å². The van der Waals surface area contributed by atoms with Crippen molar-refractivity contribution in [3.8, 4) is 17.4 Å². The molecular formula is C21H17FN4O3. The zero-order valence-electron chi connectivity index (χ0n) is 15.7. The maximum absolute atomic E-state index is 14.6. The van der Waals surface area contributed by atoms with Crippen molar-refractivity contribution in [2.24, 2.45) is 0 Å². The van der Waals surface area contributed by atoms with Gasteiger partial charge in [0, 0.05) is 18.0 Å². The third kappa shape index (κ3) is 3.60. The van der Waals surface area contributed by atoms with Crippen LogP contribution in [0.4, 0.5) is 10.1 Å². The SMILES string of the molecule is COc1ccccc1C(=O)Nc1ccc(Oc2ncnn3ccc(C)c23)c(F)c1. The molecule has 2 aromatic heterocycles. The Hall–Kier alpha value is -3.94. The number of hydrogen-bond donors (Lipinski definition) is 1. The fraction of sp³-hybridized carbons (Fsp3) is 0.0952. The Labute approximate surface area is 165 Å². The number of anilines is 1. The molecule has 0 bridgehead atoms. The standard InChI is InChI=1S/C21H17FN4O3/c1-13-9-10-26-19(13)21(23-12-24-26)29-18-8-7-14(11-16(18)22)25-20(27)15-5-3-4-6-17(15)28-2/h3-12H,1-2H3,(H,25,27). The molecule has 29 heavy (non-hydrogen) atoms. The van der Waals surface area contributed by atoms with Crippen molar-refractivity contribution in [1.29, 1.82) is 0 Å². The number of hydrogen-bond acceptors (Lipinski definition) is 5. The first-order valence-electron chi connectivity index (χ1n) is 8.77. The number of ether oxygens (including phenoxy) is 2. The Kier molecular flexibility index (Phi) is 4.82. The highest BCUT2D eigenvalue weighted by Crippen LogP contribution is 2.29. The van der Waals surface area contributed by atoms with Gasteiger partial charge in [-0.15, -0.1) is 0 Å². The summed E-state index contributed by atoms with van der Waals surface area (Å²) in [7, 11) is 1.48. The Morgan fingerprint density at radius 2 is 1.97 bits per heavy atom. The normalized spacial score (nSPS) is 10.7. The van der Waals surface area contributed by atoms with E-state index >= 15 is 0 Å². The second-order valence-corrected chi connectivity index (χ2v) is 6.26. The van der Waals surface area contributed by atoms with Gasteiger partial charge in [-0.25, -0.2) is 8.91 Å². The van der Waals surface area contributed by atoms with Crippen LogP contribution in [0.15, 0.2) is 61.1 Å². The number of nitrogens with zero attached hydrogens (tertiary/aromatic N) is 3. The molecule has 2 aromatic carbocycles. The number of para-hydroxylation sites is 1. The average molecular weight is 392 g/mol. The average Bonchev–Trinajstić information content (AvgIpc) is 3.12. The third-order valence-electron chi connectivity index (χ3n) is 4.37. The van der Waals surface area contributed by atoms with Crippen molar-refractivity contribution in [2.45, 2.75) is 6.92 Å². The first-order chi connectivity index (χ1) is 14.1. The summed E-state index contributed by atoms with van der Waals surface area (Å²) >= 11 is 0. The number of rotatable bonds is 5. The summed E-state index contributed by atoms with van der Waals surface area (Å²) < 4.78 is 27.1. The van der Waals surface area contributed by atoms with Gasteiger partial charge in [0.05, 0.1) is 12.7 Å². The minimum Gasteiger partial charge on any atom is -0.496 e. The highest BCUT2D eigenvalue weighted by Gasteiger charge is 2.15. The number of carbonyl (C=O) groups excluding carboxylic acids is 1. The highest BCUT2D eigenvalue weighted by atomic mass is 19.1. The Bertz CT molecular complexity index is 1210. The fourth-order valence-electron chi connectivity index (χ4n) is 2.95. The first kappa shape index (κ1) is 18.4. The van der Waals surface area contributed by atoms with Gasteiger partial charge >= 0.3 is 0 Å². The Morgan fingerprint density at radius 3 is 2.76 bits per heavy atom. The van der Waals surface area contributed by atoms with E-state index in [1.807, 2.05) is 13.0 Å². The summed E-state index contributed by atoms with van der Waals surface area (Å²) in [6.07, 6.45) is 3.10. The lowest BCUT2D eigenvalue weighted by atomic mass is 10.2. The molecule has 0 radical (unpaired) electrons. The van der Waals surface area contributed by atoms with E-state index in [-0.39, 0.29) is 17.3 Å². The zero-order valence-corrected chi connectivity index (χ0v) is 15.7. The quantitative estimate of drug-likeness (QED) is 0.550. The predicted molar refractivity (Wildman–Crippen MR) is 105 cm³/mol. The topological polar surface area (TPSA) is 77.8 Å². The third-order valence-corrected chi connectivity index (χ3v) is 4.37. The summed E-state index contributed by atoms with van der Waals surface area (Å²) in [5.74, 6) is -0.380. The molecule has 146 valence electrons. The van der Waals surface area contributed by atoms with E-state index in [1.54, 1.807) is 41.0 Å². The second kappa shape index (κ2) is 7.59. The smallest absolute Gasteiger partial charge is 0.259 e. The van der Waals surface area contributed by atoms with E-state index in [0.717, 1.165) is 5.56 Å². The van der Waals surface area contributed by atoms with Crippen LogP contribution >= 0.6 is 0 Å². The van der Waals surface area contributed by atoms with Crippen LogP contribution in [0.3, 0.4) is 0 Å². The lowest BCUT2D eigenvalue weighted by Crippen LogP contribution is -2.13. The number of amides is 1. The molecule has 2 heterocycles. The highest BCUT2D eigenvalue weighted by molar-refractivity contribution is 6.06. The molecule has 0 fully saturated rings. The summed E-state index contributed by atoms with van der Waals surface area (Å²) in [6, 6.07) is 12.8. The maximum atomic E-state index is 14.6. The number of nitrogens with one attached hydrogen (secondary N) is 1. The number of aromatic nitrogens is 3. The fourth-order valence-corrected chi connectivity index (χ4v) is 2.95. The molecule has 0 spiro atoms. The zero-order chi connectivity index (χ0) is 20.4. The van der Waals surface area contributed by atoms with Gasteiger partial charge in [-0.2, -0.15) is 10.1 Å². The van der Waals surface area contributed by atoms with E-state index in [9.17, 15) is 9.18 Å². The molecule has 4 rings (SSSR count). The van der Waals surface area contributed by atoms with E-state index in [2.05, 4.69) is 15.4 Å². The van der Waals surface area contributed by atoms with Crippen LogP contribution in [0.5, 0.6) is 17.4 Å². The van der Waals surface area contributed by atoms with Gasteiger partial charge in [-0.05, 0) is 42.8 Å². The lowest BCUT2D eigenvalue weighted by Gasteiger charge is -2.11. The molecule has 0 aliphatic carbocycles. The number of benzene rings is 2. The van der Waals surface area contributed by atoms with Crippen molar-refractivity contribution < 1.29 is 18.7 Å². The molecule has 0 atom stereocenters. The predicted octanol–water partition coefficient (Wildman–Crippen LogP) is 4.23. The van der Waals surface area contributed by atoms with Crippen molar-refractivity contribution in [3.05, 3.63) is 78.0 Å². The summed E-state index contributed by atoms with van der Waals surface area (Å²) in [5.41, 5.74) is 2.20. The van der Waals surface area contributed by atoms with Crippen LogP contribution in [0.1, 0.15) is 15.9 Å². The van der Waals surface area contributed by atoms with Crippen LogP contribution in [-0.2, 0) is 0 Å². The molecule has 8 heteroatoms. The summed E-state index contributed by atoms with van der Waals surface area (Å²) in [5, 5.41) is 6.75. The molecule has 4 aromatic rings. The number of halogens is 1. The van der Waals surface area contributed by atoms with E-state index in [0.29, 0.717) is 16.8 Å². The molecular weight excluding hydrogens is 375 g/mol. The second-order valence-electron chi connectivity index (χ2n) is 6.26. The summed E-state index contributed by atoms with van der Waals surface area (Å²) in [6.45, 7) is 1.89. The number of fused-ring (bicyclic) bond motifs is 1. The van der Waals surface area contributed by atoms with Crippen LogP contribution in [0.2, 0.25) is 0 Å². The minimum atomic E-state index is -0.635. The van der Waals surface area contributed by atoms with Crippen LogP contribution in [-0.4, -0.2) is 27.6 Å². The molecule has 0 saturated heterocycles. The van der Waals surface area contributed by atoms with Gasteiger partial charge in [0.2, 0.25) is 5.88 Å². The number of methoxy groups -OCH3 is 1. The van der Waals surface area contributed by atoms with Crippen molar-refractivity contribution in [1.82, 2.24) is 14.6 Å². The monoisotopic (exact) mass is 392 g/mol. The van der Waals surface area contributed by atoms with Crippen molar-refractivity contribution >= 4 is 17.1 Å². The minimum absolute atomic E-state index is 0.0125. The molecule has 0 saturated carbocycles. The molecule has 1 amide bonds. The van der Waals surface area contributed by atoms with Gasteiger partial charge in [0.15, 0.2) is 11.6 Å².